The highest BCUT2D eigenvalue weighted by molar-refractivity contribution is 5.22. The molecule has 0 amide bonds. The monoisotopic (exact) mass is 206 g/mol. The van der Waals surface area contributed by atoms with Crippen LogP contribution in [0.25, 0.3) is 0 Å². The van der Waals surface area contributed by atoms with E-state index in [0.29, 0.717) is 5.41 Å². The van der Waals surface area contributed by atoms with Crippen molar-refractivity contribution in [3.8, 4) is 0 Å². The van der Waals surface area contributed by atoms with Crippen molar-refractivity contribution in [3.63, 3.8) is 0 Å². The van der Waals surface area contributed by atoms with E-state index in [9.17, 15) is 0 Å². The van der Waals surface area contributed by atoms with Gasteiger partial charge in [0.05, 0.1) is 11.2 Å². The third-order valence-corrected chi connectivity index (χ3v) is 5.29. The van der Waals surface area contributed by atoms with Crippen LogP contribution in [0.3, 0.4) is 0 Å². The third-order valence-electron chi connectivity index (χ3n) is 5.29. The standard InChI is InChI=1S/C14H22O/c1-12(2)11-6-9-13(3)7-4-5-8-14(13,10-11)15-12/h5,8,11H,4,6-7,9-10H2,1-3H3/t11?,13-,14?/m0/s1. The Morgan fingerprint density at radius 1 is 1.20 bits per heavy atom. The molecule has 84 valence electrons. The van der Waals surface area contributed by atoms with Crippen molar-refractivity contribution in [1.29, 1.82) is 0 Å². The minimum atomic E-state index is 0.0810. The smallest absolute Gasteiger partial charge is 0.0926 e. The second-order valence-electron chi connectivity index (χ2n) is 6.54. The van der Waals surface area contributed by atoms with Crippen LogP contribution in [0.5, 0.6) is 0 Å². The van der Waals surface area contributed by atoms with Crippen molar-refractivity contribution in [2.75, 3.05) is 0 Å². The first-order valence-electron chi connectivity index (χ1n) is 6.35. The molecular formula is C14H22O. The number of rotatable bonds is 0. The molecule has 1 aliphatic heterocycles. The molecule has 0 N–H and O–H groups in total. The molecule has 1 nitrogen and oxygen atoms in total. The lowest BCUT2D eigenvalue weighted by molar-refractivity contribution is -0.123. The molecule has 1 heterocycles. The third kappa shape index (κ3) is 1.13. The van der Waals surface area contributed by atoms with Gasteiger partial charge in [-0.05, 0) is 51.9 Å². The average Bonchev–Trinajstić information content (AvgIpc) is 2.38. The quantitative estimate of drug-likeness (QED) is 0.549. The van der Waals surface area contributed by atoms with Crippen molar-refractivity contribution in [2.45, 2.75) is 64.1 Å². The zero-order valence-electron chi connectivity index (χ0n) is 10.2. The van der Waals surface area contributed by atoms with Crippen LogP contribution in [0.15, 0.2) is 12.2 Å². The molecule has 3 rings (SSSR count). The van der Waals surface area contributed by atoms with E-state index in [1.165, 1.54) is 32.1 Å². The Kier molecular flexibility index (Phi) is 1.77. The van der Waals surface area contributed by atoms with E-state index < -0.39 is 0 Å². The number of allylic oxidation sites excluding steroid dienone is 1. The number of hydrogen-bond donors (Lipinski definition) is 0. The Morgan fingerprint density at radius 3 is 2.80 bits per heavy atom. The Balaban J connectivity index is 2.06. The number of hydrogen-bond acceptors (Lipinski definition) is 1. The molecule has 3 aliphatic rings. The number of fused-ring (bicyclic) bond motifs is 1. The first kappa shape index (κ1) is 9.89. The Labute approximate surface area is 92.9 Å². The van der Waals surface area contributed by atoms with Crippen LogP contribution in [0.2, 0.25) is 0 Å². The zero-order valence-corrected chi connectivity index (χ0v) is 10.2. The number of ether oxygens (including phenoxy) is 1. The molecule has 2 unspecified atom stereocenters. The molecule has 2 fully saturated rings. The Bertz CT molecular complexity index is 317. The first-order valence-corrected chi connectivity index (χ1v) is 6.35. The predicted octanol–water partition coefficient (Wildman–Crippen LogP) is 3.69. The molecule has 1 spiro atoms. The largest absolute Gasteiger partial charge is 0.364 e. The maximum absolute atomic E-state index is 6.48. The molecule has 0 aromatic carbocycles. The summed E-state index contributed by atoms with van der Waals surface area (Å²) in [6, 6.07) is 0. The van der Waals surface area contributed by atoms with E-state index in [0.717, 1.165) is 5.92 Å². The fraction of sp³-hybridized carbons (Fsp3) is 0.857. The highest BCUT2D eigenvalue weighted by atomic mass is 16.5. The van der Waals surface area contributed by atoms with Crippen molar-refractivity contribution in [3.05, 3.63) is 12.2 Å². The molecule has 1 saturated carbocycles. The van der Waals surface area contributed by atoms with Crippen LogP contribution in [-0.4, -0.2) is 11.2 Å². The maximum atomic E-state index is 6.48. The molecule has 0 radical (unpaired) electrons. The minimum Gasteiger partial charge on any atom is -0.364 e. The van der Waals surface area contributed by atoms with Crippen molar-refractivity contribution in [1.82, 2.24) is 0 Å². The lowest BCUT2D eigenvalue weighted by Crippen LogP contribution is -2.48. The Hall–Kier alpha value is -0.300. The summed E-state index contributed by atoms with van der Waals surface area (Å²) in [5, 5.41) is 0. The second kappa shape index (κ2) is 2.68. The fourth-order valence-corrected chi connectivity index (χ4v) is 4.05. The van der Waals surface area contributed by atoms with Crippen LogP contribution in [-0.2, 0) is 4.74 Å². The van der Waals surface area contributed by atoms with Gasteiger partial charge in [0.1, 0.15) is 0 Å². The van der Waals surface area contributed by atoms with E-state index in [1.807, 2.05) is 0 Å². The SMILES string of the molecule is CC1(C)OC23C=CCC[C@@]2(C)CCC1C3. The van der Waals surface area contributed by atoms with E-state index in [1.54, 1.807) is 0 Å². The van der Waals surface area contributed by atoms with Crippen molar-refractivity contribution in [2.24, 2.45) is 11.3 Å². The normalized spacial score (nSPS) is 51.5. The summed E-state index contributed by atoms with van der Waals surface area (Å²) < 4.78 is 6.48. The summed E-state index contributed by atoms with van der Waals surface area (Å²) >= 11 is 0. The molecule has 1 heteroatoms. The lowest BCUT2D eigenvalue weighted by atomic mass is 9.58. The van der Waals surface area contributed by atoms with Gasteiger partial charge in [-0.2, -0.15) is 0 Å². The fourth-order valence-electron chi connectivity index (χ4n) is 4.05. The van der Waals surface area contributed by atoms with Crippen LogP contribution in [0, 0.1) is 11.3 Å². The summed E-state index contributed by atoms with van der Waals surface area (Å²) in [6.07, 6.45) is 11.2. The van der Waals surface area contributed by atoms with Gasteiger partial charge in [-0.1, -0.05) is 19.1 Å². The van der Waals surface area contributed by atoms with Crippen LogP contribution in [0.4, 0.5) is 0 Å². The molecule has 0 aromatic rings. The summed E-state index contributed by atoms with van der Waals surface area (Å²) in [4.78, 5) is 0. The van der Waals surface area contributed by atoms with Gasteiger partial charge in [0.25, 0.3) is 0 Å². The van der Waals surface area contributed by atoms with Crippen LogP contribution < -0.4 is 0 Å². The molecule has 2 aliphatic carbocycles. The van der Waals surface area contributed by atoms with E-state index in [4.69, 9.17) is 4.74 Å². The van der Waals surface area contributed by atoms with Crippen LogP contribution in [0.1, 0.15) is 52.9 Å². The molecule has 3 atom stereocenters. The van der Waals surface area contributed by atoms with Gasteiger partial charge in [-0.15, -0.1) is 0 Å². The van der Waals surface area contributed by atoms with E-state index in [-0.39, 0.29) is 11.2 Å². The molecule has 15 heavy (non-hydrogen) atoms. The highest BCUT2D eigenvalue weighted by Gasteiger charge is 2.61. The molecule has 1 saturated heterocycles. The summed E-state index contributed by atoms with van der Waals surface area (Å²) in [5.74, 6) is 0.772. The molecule has 0 aromatic heterocycles. The van der Waals surface area contributed by atoms with E-state index in [2.05, 4.69) is 32.9 Å². The lowest BCUT2D eigenvalue weighted by Gasteiger charge is -2.49. The zero-order chi connectivity index (χ0) is 10.7. The van der Waals surface area contributed by atoms with Gasteiger partial charge in [-0.25, -0.2) is 0 Å². The first-order chi connectivity index (χ1) is 6.98. The average molecular weight is 206 g/mol. The second-order valence-corrected chi connectivity index (χ2v) is 6.54. The van der Waals surface area contributed by atoms with Gasteiger partial charge in [0, 0.05) is 5.41 Å². The predicted molar refractivity (Wildman–Crippen MR) is 61.7 cm³/mol. The van der Waals surface area contributed by atoms with Gasteiger partial charge in [0.2, 0.25) is 0 Å². The summed E-state index contributed by atoms with van der Waals surface area (Å²) in [7, 11) is 0. The minimum absolute atomic E-state index is 0.0810. The van der Waals surface area contributed by atoms with Crippen molar-refractivity contribution < 1.29 is 4.74 Å². The van der Waals surface area contributed by atoms with Gasteiger partial charge in [0.15, 0.2) is 0 Å². The Morgan fingerprint density at radius 2 is 2.00 bits per heavy atom. The van der Waals surface area contributed by atoms with Gasteiger partial charge >= 0.3 is 0 Å². The highest BCUT2D eigenvalue weighted by Crippen LogP contribution is 2.62. The van der Waals surface area contributed by atoms with Crippen LogP contribution >= 0.6 is 0 Å². The van der Waals surface area contributed by atoms with E-state index >= 15 is 0 Å². The summed E-state index contributed by atoms with van der Waals surface area (Å²) in [5.41, 5.74) is 0.586. The molecular weight excluding hydrogens is 184 g/mol. The maximum Gasteiger partial charge on any atom is 0.0926 e. The summed E-state index contributed by atoms with van der Waals surface area (Å²) in [6.45, 7) is 7.00. The van der Waals surface area contributed by atoms with Crippen molar-refractivity contribution >= 4 is 0 Å². The van der Waals surface area contributed by atoms with Gasteiger partial charge < -0.3 is 4.74 Å². The topological polar surface area (TPSA) is 9.23 Å². The molecule has 2 bridgehead atoms. The van der Waals surface area contributed by atoms with Gasteiger partial charge in [-0.3, -0.25) is 0 Å².